The Labute approximate surface area is 185 Å². The average Bonchev–Trinajstić information content (AvgIpc) is 3.29. The first-order valence-corrected chi connectivity index (χ1v) is 10.8. The molecule has 0 unspecified atom stereocenters. The second-order valence-electron chi connectivity index (χ2n) is 8.34. The monoisotopic (exact) mass is 439 g/mol. The van der Waals surface area contributed by atoms with E-state index in [9.17, 15) is 0 Å². The third kappa shape index (κ3) is 3.66. The number of nitrogens with zero attached hydrogens (tertiary/aromatic N) is 4. The molecule has 4 aromatic rings. The molecule has 5 rings (SSSR count). The van der Waals surface area contributed by atoms with Crippen LogP contribution in [0.2, 0.25) is 5.02 Å². The fourth-order valence-electron chi connectivity index (χ4n) is 4.49. The van der Waals surface area contributed by atoms with Crippen molar-refractivity contribution in [3.63, 3.8) is 0 Å². The van der Waals surface area contributed by atoms with E-state index in [-0.39, 0.29) is 0 Å². The zero-order valence-corrected chi connectivity index (χ0v) is 18.8. The predicted molar refractivity (Wildman–Crippen MR) is 126 cm³/mol. The van der Waals surface area contributed by atoms with Crippen LogP contribution in [0.25, 0.3) is 21.8 Å². The van der Waals surface area contributed by atoms with Crippen molar-refractivity contribution >= 4 is 50.6 Å². The minimum absolute atomic E-state index is 0.426. The lowest BCUT2D eigenvalue weighted by atomic mass is 10.1. The zero-order valence-electron chi connectivity index (χ0n) is 18.0. The Morgan fingerprint density at radius 2 is 1.94 bits per heavy atom. The molecule has 2 aromatic heterocycles. The number of hydrogen-bond acceptors (Lipinski definition) is 6. The van der Waals surface area contributed by atoms with Crippen molar-refractivity contribution in [2.45, 2.75) is 25.9 Å². The van der Waals surface area contributed by atoms with Gasteiger partial charge in [0.15, 0.2) is 5.82 Å². The van der Waals surface area contributed by atoms with Gasteiger partial charge in [-0.25, -0.2) is 0 Å². The number of hydrogen-bond donors (Lipinski definition) is 3. The lowest BCUT2D eigenvalue weighted by Gasteiger charge is -2.37. The second kappa shape index (κ2) is 7.62. The first kappa shape index (κ1) is 20.0. The maximum atomic E-state index is 6.74. The molecule has 0 radical (unpaired) electrons. The van der Waals surface area contributed by atoms with Gasteiger partial charge in [0.25, 0.3) is 0 Å². The van der Waals surface area contributed by atoms with Crippen LogP contribution >= 0.6 is 11.6 Å². The molecule has 1 aliphatic heterocycles. The van der Waals surface area contributed by atoms with Gasteiger partial charge in [0, 0.05) is 61.2 Å². The Hall–Kier alpha value is -2.97. The number of anilines is 3. The number of piperazine rings is 1. The molecule has 0 spiro atoms. The van der Waals surface area contributed by atoms with Crippen LogP contribution in [0.15, 0.2) is 30.5 Å². The first-order valence-electron chi connectivity index (χ1n) is 10.4. The quantitative estimate of drug-likeness (QED) is 0.445. The predicted octanol–water partition coefficient (Wildman–Crippen LogP) is 4.04. The van der Waals surface area contributed by atoms with Crippen LogP contribution in [-0.2, 0) is 7.05 Å². The number of methoxy groups -OCH3 is 1. The van der Waals surface area contributed by atoms with E-state index in [0.717, 1.165) is 46.3 Å². The molecule has 9 heteroatoms. The molecule has 31 heavy (non-hydrogen) atoms. The molecule has 1 saturated heterocycles. The number of aryl methyl sites for hydroxylation is 1. The van der Waals surface area contributed by atoms with Crippen molar-refractivity contribution in [3.05, 3.63) is 35.5 Å². The fourth-order valence-corrected chi connectivity index (χ4v) is 4.79. The van der Waals surface area contributed by atoms with Gasteiger partial charge in [-0.1, -0.05) is 11.6 Å². The van der Waals surface area contributed by atoms with Gasteiger partial charge >= 0.3 is 0 Å². The van der Waals surface area contributed by atoms with E-state index in [1.54, 1.807) is 11.8 Å². The number of benzene rings is 2. The maximum absolute atomic E-state index is 6.74. The Bertz CT molecular complexity index is 1250. The lowest BCUT2D eigenvalue weighted by molar-refractivity contribution is 0.407. The standard InChI is InChI=1S/C22H26ClN7O/c1-12-9-30(10-13(2)24-12)16-7-17(23)20-18(8-16)26-27-22(20)25-15-5-14-11-29(3)28-21(14)19(6-15)31-4/h5-8,11-13,24H,9-10H2,1-4H3,(H2,25,26,27)/t12-,13-/m0/s1. The van der Waals surface area contributed by atoms with E-state index in [1.165, 1.54) is 0 Å². The number of nitrogens with one attached hydrogen (secondary N) is 3. The van der Waals surface area contributed by atoms with Crippen LogP contribution in [-0.4, -0.2) is 52.3 Å². The van der Waals surface area contributed by atoms with E-state index in [2.05, 4.69) is 50.7 Å². The van der Waals surface area contributed by atoms with Gasteiger partial charge in [0.05, 0.1) is 23.0 Å². The number of aromatic nitrogens is 4. The van der Waals surface area contributed by atoms with E-state index >= 15 is 0 Å². The molecule has 2 atom stereocenters. The maximum Gasteiger partial charge on any atom is 0.161 e. The molecule has 162 valence electrons. The number of aromatic amines is 1. The molecular formula is C22H26ClN7O. The molecule has 1 aliphatic rings. The molecule has 3 N–H and O–H groups in total. The van der Waals surface area contributed by atoms with Crippen molar-refractivity contribution in [1.82, 2.24) is 25.3 Å². The van der Waals surface area contributed by atoms with Gasteiger partial charge in [0.1, 0.15) is 11.3 Å². The minimum atomic E-state index is 0.426. The van der Waals surface area contributed by atoms with Gasteiger partial charge in [0.2, 0.25) is 0 Å². The summed E-state index contributed by atoms with van der Waals surface area (Å²) in [5, 5.41) is 21.6. The Kier molecular flexibility index (Phi) is 4.91. The van der Waals surface area contributed by atoms with E-state index in [0.29, 0.717) is 28.7 Å². The van der Waals surface area contributed by atoms with Gasteiger partial charge in [-0.2, -0.15) is 10.2 Å². The summed E-state index contributed by atoms with van der Waals surface area (Å²) < 4.78 is 7.31. The third-order valence-electron chi connectivity index (χ3n) is 5.69. The number of H-pyrrole nitrogens is 1. The summed E-state index contributed by atoms with van der Waals surface area (Å²) in [7, 11) is 3.54. The highest BCUT2D eigenvalue weighted by molar-refractivity contribution is 6.36. The number of halogens is 1. The molecule has 3 heterocycles. The van der Waals surface area contributed by atoms with E-state index in [1.807, 2.05) is 31.4 Å². The molecule has 0 saturated carbocycles. The van der Waals surface area contributed by atoms with Crippen LogP contribution in [0.3, 0.4) is 0 Å². The molecule has 0 amide bonds. The fraction of sp³-hybridized carbons (Fsp3) is 0.364. The van der Waals surface area contributed by atoms with Crippen molar-refractivity contribution in [2.75, 3.05) is 30.4 Å². The smallest absolute Gasteiger partial charge is 0.161 e. The SMILES string of the molecule is COc1cc(Nc2n[nH]c3cc(N4C[C@H](C)N[C@@H](C)C4)cc(Cl)c23)cc2cn(C)nc12. The van der Waals surface area contributed by atoms with Crippen molar-refractivity contribution in [3.8, 4) is 5.75 Å². The summed E-state index contributed by atoms with van der Waals surface area (Å²) >= 11 is 6.74. The van der Waals surface area contributed by atoms with Gasteiger partial charge in [-0.3, -0.25) is 9.78 Å². The van der Waals surface area contributed by atoms with Crippen LogP contribution in [0.1, 0.15) is 13.8 Å². The van der Waals surface area contributed by atoms with Gasteiger partial charge < -0.3 is 20.3 Å². The highest BCUT2D eigenvalue weighted by Crippen LogP contribution is 2.36. The van der Waals surface area contributed by atoms with Crippen LogP contribution in [0.5, 0.6) is 5.75 Å². The summed E-state index contributed by atoms with van der Waals surface area (Å²) in [4.78, 5) is 2.37. The Morgan fingerprint density at radius 3 is 2.68 bits per heavy atom. The topological polar surface area (TPSA) is 83.0 Å². The molecule has 1 fully saturated rings. The lowest BCUT2D eigenvalue weighted by Crippen LogP contribution is -2.54. The number of ether oxygens (including phenoxy) is 1. The third-order valence-corrected chi connectivity index (χ3v) is 5.99. The number of fused-ring (bicyclic) bond motifs is 2. The van der Waals surface area contributed by atoms with Crippen molar-refractivity contribution < 1.29 is 4.74 Å². The number of rotatable bonds is 4. The van der Waals surface area contributed by atoms with E-state index in [4.69, 9.17) is 16.3 Å². The molecule has 0 aliphatic carbocycles. The summed E-state index contributed by atoms with van der Waals surface area (Å²) in [6.07, 6.45) is 1.96. The Balaban J connectivity index is 1.50. The van der Waals surface area contributed by atoms with Crippen LogP contribution < -0.4 is 20.3 Å². The molecule has 8 nitrogen and oxygen atoms in total. The second-order valence-corrected chi connectivity index (χ2v) is 8.75. The summed E-state index contributed by atoms with van der Waals surface area (Å²) in [5.41, 5.74) is 3.69. The average molecular weight is 440 g/mol. The largest absolute Gasteiger partial charge is 0.494 e. The summed E-state index contributed by atoms with van der Waals surface area (Å²) in [6, 6.07) is 8.94. The van der Waals surface area contributed by atoms with Crippen LogP contribution in [0.4, 0.5) is 17.2 Å². The summed E-state index contributed by atoms with van der Waals surface area (Å²) in [5.74, 6) is 1.38. The van der Waals surface area contributed by atoms with Crippen molar-refractivity contribution in [2.24, 2.45) is 7.05 Å². The Morgan fingerprint density at radius 1 is 1.16 bits per heavy atom. The van der Waals surface area contributed by atoms with Gasteiger partial charge in [-0.15, -0.1) is 0 Å². The van der Waals surface area contributed by atoms with E-state index < -0.39 is 0 Å². The summed E-state index contributed by atoms with van der Waals surface area (Å²) in [6.45, 7) is 6.29. The van der Waals surface area contributed by atoms with Crippen molar-refractivity contribution in [1.29, 1.82) is 0 Å². The van der Waals surface area contributed by atoms with Crippen LogP contribution in [0, 0.1) is 0 Å². The molecular weight excluding hydrogens is 414 g/mol. The highest BCUT2D eigenvalue weighted by Gasteiger charge is 2.23. The minimum Gasteiger partial charge on any atom is -0.494 e. The first-order chi connectivity index (χ1) is 14.9. The highest BCUT2D eigenvalue weighted by atomic mass is 35.5. The normalized spacial score (nSPS) is 19.3. The zero-order chi connectivity index (χ0) is 21.7. The van der Waals surface area contributed by atoms with Gasteiger partial charge in [-0.05, 0) is 32.0 Å². The molecule has 2 aromatic carbocycles. The molecule has 0 bridgehead atoms.